The molecule has 1 saturated carbocycles. The molecule has 2 fully saturated rings. The van der Waals surface area contributed by atoms with Gasteiger partial charge in [0.15, 0.2) is 0 Å². The Hall–Kier alpha value is -2.38. The summed E-state index contributed by atoms with van der Waals surface area (Å²) in [5, 5.41) is 3.02. The largest absolute Gasteiger partial charge is 0.375 e. The van der Waals surface area contributed by atoms with Crippen LogP contribution in [0.4, 0.5) is 0 Å². The molecule has 1 aromatic rings. The summed E-state index contributed by atoms with van der Waals surface area (Å²) < 4.78 is 0. The van der Waals surface area contributed by atoms with Crippen LogP contribution in [0.1, 0.15) is 48.0 Å². The van der Waals surface area contributed by atoms with Crippen LogP contribution in [0.5, 0.6) is 0 Å². The summed E-state index contributed by atoms with van der Waals surface area (Å²) in [5.74, 6) is -0.684. The van der Waals surface area contributed by atoms with Gasteiger partial charge in [-0.15, -0.1) is 0 Å². The first-order valence-corrected chi connectivity index (χ1v) is 11.4. The molecule has 2 heterocycles. The fourth-order valence-electron chi connectivity index (χ4n) is 4.49. The molecule has 7 nitrogen and oxygen atoms in total. The minimum absolute atomic E-state index is 0.0302. The van der Waals surface area contributed by atoms with E-state index in [4.69, 9.17) is 11.6 Å². The van der Waals surface area contributed by atoms with Gasteiger partial charge in [0.25, 0.3) is 17.7 Å². The predicted molar refractivity (Wildman–Crippen MR) is 118 cm³/mol. The van der Waals surface area contributed by atoms with E-state index in [1.54, 1.807) is 0 Å². The molecule has 31 heavy (non-hydrogen) atoms. The van der Waals surface area contributed by atoms with Gasteiger partial charge in [-0.25, -0.2) is 0 Å². The number of piperazine rings is 1. The Labute approximate surface area is 188 Å². The zero-order valence-corrected chi connectivity index (χ0v) is 18.7. The molecule has 4 rings (SSSR count). The van der Waals surface area contributed by atoms with Crippen molar-refractivity contribution in [2.24, 2.45) is 0 Å². The van der Waals surface area contributed by atoms with Crippen molar-refractivity contribution in [2.45, 2.75) is 44.7 Å². The number of likely N-dealkylation sites (N-methyl/N-ethyl adjacent to an activating group) is 1. The highest BCUT2D eigenvalue weighted by Crippen LogP contribution is 2.30. The quantitative estimate of drug-likeness (QED) is 0.705. The van der Waals surface area contributed by atoms with Crippen LogP contribution in [0.15, 0.2) is 35.0 Å². The Kier molecular flexibility index (Phi) is 6.62. The van der Waals surface area contributed by atoms with Crippen LogP contribution in [0.2, 0.25) is 0 Å². The number of nitrogens with one attached hydrogen (secondary N) is 1. The SMILES string of the molecule is CN1CCN(C(=O)c2ccc(CNC3=C(Cl)C(=O)N(C4CCCCC4)C3=O)cc2)CC1. The summed E-state index contributed by atoms with van der Waals surface area (Å²) in [6, 6.07) is 7.30. The fourth-order valence-corrected chi connectivity index (χ4v) is 4.73. The maximum absolute atomic E-state index is 12.8. The molecule has 1 N–H and O–H groups in total. The van der Waals surface area contributed by atoms with Gasteiger partial charge in [-0.05, 0) is 37.6 Å². The fraction of sp³-hybridized carbons (Fsp3) is 0.522. The smallest absolute Gasteiger partial charge is 0.278 e. The summed E-state index contributed by atoms with van der Waals surface area (Å²) in [7, 11) is 2.06. The van der Waals surface area contributed by atoms with Crippen LogP contribution in [0.25, 0.3) is 0 Å². The lowest BCUT2D eigenvalue weighted by molar-refractivity contribution is -0.140. The molecule has 0 bridgehead atoms. The summed E-state index contributed by atoms with van der Waals surface area (Å²) in [6.45, 7) is 3.59. The average Bonchev–Trinajstić information content (AvgIpc) is 3.01. The van der Waals surface area contributed by atoms with Gasteiger partial charge in [-0.3, -0.25) is 19.3 Å². The molecule has 1 aromatic carbocycles. The van der Waals surface area contributed by atoms with Gasteiger partial charge in [-0.2, -0.15) is 0 Å². The lowest BCUT2D eigenvalue weighted by Crippen LogP contribution is -2.47. The molecule has 3 aliphatic rings. The summed E-state index contributed by atoms with van der Waals surface area (Å²) in [6.07, 6.45) is 4.89. The number of hydrogen-bond acceptors (Lipinski definition) is 5. The van der Waals surface area contributed by atoms with E-state index < -0.39 is 5.91 Å². The zero-order valence-electron chi connectivity index (χ0n) is 17.9. The van der Waals surface area contributed by atoms with Crippen molar-refractivity contribution in [1.29, 1.82) is 0 Å². The minimum Gasteiger partial charge on any atom is -0.375 e. The molecule has 3 amide bonds. The summed E-state index contributed by atoms with van der Waals surface area (Å²) >= 11 is 6.22. The van der Waals surface area contributed by atoms with Crippen molar-refractivity contribution in [3.63, 3.8) is 0 Å². The van der Waals surface area contributed by atoms with Gasteiger partial charge in [0.1, 0.15) is 10.7 Å². The third-order valence-corrected chi connectivity index (χ3v) is 6.81. The summed E-state index contributed by atoms with van der Waals surface area (Å²) in [5.41, 5.74) is 1.74. The van der Waals surface area contributed by atoms with Gasteiger partial charge in [0, 0.05) is 44.3 Å². The van der Waals surface area contributed by atoms with Crippen LogP contribution in [-0.4, -0.2) is 71.7 Å². The van der Waals surface area contributed by atoms with E-state index in [0.29, 0.717) is 12.1 Å². The highest BCUT2D eigenvalue weighted by atomic mass is 35.5. The topological polar surface area (TPSA) is 73.0 Å². The molecular weight excluding hydrogens is 416 g/mol. The molecule has 0 spiro atoms. The van der Waals surface area contributed by atoms with Crippen molar-refractivity contribution in [3.05, 3.63) is 46.1 Å². The number of carbonyl (C=O) groups is 3. The lowest BCUT2D eigenvalue weighted by Gasteiger charge is -2.32. The van der Waals surface area contributed by atoms with Gasteiger partial charge < -0.3 is 15.1 Å². The average molecular weight is 445 g/mol. The molecule has 8 heteroatoms. The second-order valence-corrected chi connectivity index (χ2v) is 8.99. The highest BCUT2D eigenvalue weighted by molar-refractivity contribution is 6.47. The van der Waals surface area contributed by atoms with Gasteiger partial charge >= 0.3 is 0 Å². The number of halogens is 1. The van der Waals surface area contributed by atoms with E-state index in [-0.39, 0.29) is 28.6 Å². The Morgan fingerprint density at radius 2 is 1.65 bits per heavy atom. The van der Waals surface area contributed by atoms with E-state index in [2.05, 4.69) is 17.3 Å². The third kappa shape index (κ3) is 4.62. The molecule has 166 valence electrons. The number of imide groups is 1. The number of carbonyl (C=O) groups excluding carboxylic acids is 3. The first-order chi connectivity index (χ1) is 15.0. The van der Waals surface area contributed by atoms with Crippen molar-refractivity contribution >= 4 is 29.3 Å². The van der Waals surface area contributed by atoms with Crippen LogP contribution in [0, 0.1) is 0 Å². The van der Waals surface area contributed by atoms with Gasteiger partial charge in [-0.1, -0.05) is 43.0 Å². The standard InChI is InChI=1S/C23H29ClN4O3/c1-26-11-13-27(14-12-26)21(29)17-9-7-16(8-10-17)15-25-20-19(24)22(30)28(23(20)31)18-5-3-2-4-6-18/h7-10,18,25H,2-6,11-15H2,1H3. The highest BCUT2D eigenvalue weighted by Gasteiger charge is 2.41. The van der Waals surface area contributed by atoms with Crippen LogP contribution < -0.4 is 5.32 Å². The molecule has 0 atom stereocenters. The zero-order chi connectivity index (χ0) is 22.0. The van der Waals surface area contributed by atoms with Crippen molar-refractivity contribution in [3.8, 4) is 0 Å². The van der Waals surface area contributed by atoms with E-state index in [0.717, 1.165) is 63.8 Å². The van der Waals surface area contributed by atoms with E-state index in [9.17, 15) is 14.4 Å². The molecular formula is C23H29ClN4O3. The molecule has 1 saturated heterocycles. The Bertz CT molecular complexity index is 885. The summed E-state index contributed by atoms with van der Waals surface area (Å²) in [4.78, 5) is 43.5. The molecule has 0 radical (unpaired) electrons. The number of amides is 3. The maximum atomic E-state index is 12.8. The molecule has 2 aliphatic heterocycles. The number of hydrogen-bond donors (Lipinski definition) is 1. The second kappa shape index (κ2) is 9.40. The first-order valence-electron chi connectivity index (χ1n) is 11.0. The van der Waals surface area contributed by atoms with Gasteiger partial charge in [0.05, 0.1) is 0 Å². The Morgan fingerprint density at radius 3 is 2.29 bits per heavy atom. The van der Waals surface area contributed by atoms with Gasteiger partial charge in [0.2, 0.25) is 0 Å². The Morgan fingerprint density at radius 1 is 1.00 bits per heavy atom. The van der Waals surface area contributed by atoms with E-state index >= 15 is 0 Å². The second-order valence-electron chi connectivity index (χ2n) is 8.61. The van der Waals surface area contributed by atoms with Crippen molar-refractivity contribution in [1.82, 2.24) is 20.0 Å². The predicted octanol–water partition coefficient (Wildman–Crippen LogP) is 2.32. The molecule has 1 aliphatic carbocycles. The Balaban J connectivity index is 1.36. The van der Waals surface area contributed by atoms with Crippen molar-refractivity contribution < 1.29 is 14.4 Å². The molecule has 0 aromatic heterocycles. The first kappa shape index (κ1) is 21.8. The van der Waals surface area contributed by atoms with E-state index in [1.165, 1.54) is 4.90 Å². The monoisotopic (exact) mass is 444 g/mol. The van der Waals surface area contributed by atoms with E-state index in [1.807, 2.05) is 29.2 Å². The minimum atomic E-state index is -0.394. The van der Waals surface area contributed by atoms with Crippen LogP contribution >= 0.6 is 11.6 Å². The number of nitrogens with zero attached hydrogens (tertiary/aromatic N) is 3. The third-order valence-electron chi connectivity index (χ3n) is 6.46. The van der Waals surface area contributed by atoms with Crippen LogP contribution in [0.3, 0.4) is 0 Å². The maximum Gasteiger partial charge on any atom is 0.278 e. The van der Waals surface area contributed by atoms with Crippen LogP contribution in [-0.2, 0) is 16.1 Å². The number of benzene rings is 1. The molecule has 0 unspecified atom stereocenters. The normalized spacial score (nSPS) is 21.2. The lowest BCUT2D eigenvalue weighted by atomic mass is 9.94. The number of rotatable bonds is 5. The van der Waals surface area contributed by atoms with Crippen molar-refractivity contribution in [2.75, 3.05) is 33.2 Å².